The predicted octanol–water partition coefficient (Wildman–Crippen LogP) is 1.62. The molecule has 5 nitrogen and oxygen atoms in total. The third-order valence-corrected chi connectivity index (χ3v) is 3.40. The number of carbonyl (C=O) groups is 1. The number of nitrogens with zero attached hydrogens (tertiary/aromatic N) is 1. The van der Waals surface area contributed by atoms with Crippen molar-refractivity contribution in [3.8, 4) is 0 Å². The predicted molar refractivity (Wildman–Crippen MR) is 69.2 cm³/mol. The lowest BCUT2D eigenvalue weighted by Crippen LogP contribution is -2.42. The van der Waals surface area contributed by atoms with Crippen LogP contribution in [0.25, 0.3) is 0 Å². The molecule has 1 rings (SSSR count). The van der Waals surface area contributed by atoms with E-state index in [-0.39, 0.29) is 11.7 Å². The van der Waals surface area contributed by atoms with Crippen LogP contribution in [0, 0.1) is 6.92 Å². The number of nitrogens with two attached hydrogens (primary N) is 1. The highest BCUT2D eigenvalue weighted by atomic mass is 79.9. The van der Waals surface area contributed by atoms with Crippen molar-refractivity contribution in [1.82, 2.24) is 5.32 Å². The van der Waals surface area contributed by atoms with Gasteiger partial charge in [-0.3, -0.25) is 4.79 Å². The molecule has 0 saturated carbocycles. The third-order valence-electron chi connectivity index (χ3n) is 2.34. The Morgan fingerprint density at radius 2 is 2.24 bits per heavy atom. The summed E-state index contributed by atoms with van der Waals surface area (Å²) in [5.74, 6) is -0.318. The second-order valence-corrected chi connectivity index (χ2v) is 4.45. The molecule has 0 radical (unpaired) electrons. The molecule has 0 saturated heterocycles. The van der Waals surface area contributed by atoms with Crippen molar-refractivity contribution in [2.45, 2.75) is 19.9 Å². The Hall–Kier alpha value is -1.56. The van der Waals surface area contributed by atoms with Crippen LogP contribution in [0.15, 0.2) is 27.8 Å². The summed E-state index contributed by atoms with van der Waals surface area (Å²) in [6.45, 7) is 3.53. The number of hydrogen-bond donors (Lipinski definition) is 3. The van der Waals surface area contributed by atoms with Gasteiger partial charge in [-0.15, -0.1) is 0 Å². The molecular weight excluding hydrogens is 286 g/mol. The van der Waals surface area contributed by atoms with Gasteiger partial charge in [0.2, 0.25) is 0 Å². The molecule has 0 aromatic heterocycles. The van der Waals surface area contributed by atoms with Crippen LogP contribution in [-0.4, -0.2) is 23.0 Å². The summed E-state index contributed by atoms with van der Waals surface area (Å²) in [6.07, 6.45) is 0. The molecule has 1 unspecified atom stereocenters. The minimum Gasteiger partial charge on any atom is -0.409 e. The van der Waals surface area contributed by atoms with Crippen LogP contribution in [0.1, 0.15) is 22.8 Å². The minimum absolute atomic E-state index is 0.0397. The first-order valence-corrected chi connectivity index (χ1v) is 5.80. The number of aryl methyl sites for hydroxylation is 1. The summed E-state index contributed by atoms with van der Waals surface area (Å²) < 4.78 is 0.740. The van der Waals surface area contributed by atoms with E-state index in [1.165, 1.54) is 0 Å². The number of hydrogen-bond acceptors (Lipinski definition) is 3. The SMILES string of the molecule is Cc1cccc(C(=O)NC(C)/C(N)=N/O)c1Br. The molecule has 1 aromatic rings. The van der Waals surface area contributed by atoms with E-state index in [2.05, 4.69) is 26.4 Å². The number of nitrogens with one attached hydrogen (secondary N) is 1. The molecule has 0 aliphatic rings. The third kappa shape index (κ3) is 3.20. The molecule has 1 amide bonds. The molecule has 1 atom stereocenters. The molecule has 0 heterocycles. The van der Waals surface area contributed by atoms with Crippen LogP contribution < -0.4 is 11.1 Å². The summed E-state index contributed by atoms with van der Waals surface area (Å²) >= 11 is 3.35. The minimum atomic E-state index is -0.528. The Kier molecular flexibility index (Phi) is 4.51. The number of carbonyl (C=O) groups excluding carboxylic acids is 1. The van der Waals surface area contributed by atoms with Gasteiger partial charge in [-0.1, -0.05) is 17.3 Å². The fourth-order valence-corrected chi connectivity index (χ4v) is 1.70. The lowest BCUT2D eigenvalue weighted by molar-refractivity contribution is 0.0947. The van der Waals surface area contributed by atoms with Crippen LogP contribution in [0.3, 0.4) is 0 Å². The van der Waals surface area contributed by atoms with E-state index in [0.29, 0.717) is 5.56 Å². The standard InChI is InChI=1S/C11H14BrN3O2/c1-6-4-3-5-8(9(6)12)11(16)14-7(2)10(13)15-17/h3-5,7,17H,1-2H3,(H2,13,15)(H,14,16). The van der Waals surface area contributed by atoms with E-state index < -0.39 is 6.04 Å². The average Bonchev–Trinajstić information content (AvgIpc) is 2.31. The molecule has 0 spiro atoms. The first-order chi connectivity index (χ1) is 7.97. The van der Waals surface area contributed by atoms with Crippen molar-refractivity contribution in [2.75, 3.05) is 0 Å². The summed E-state index contributed by atoms with van der Waals surface area (Å²) in [5.41, 5.74) is 6.87. The van der Waals surface area contributed by atoms with E-state index in [0.717, 1.165) is 10.0 Å². The van der Waals surface area contributed by atoms with E-state index >= 15 is 0 Å². The van der Waals surface area contributed by atoms with Crippen LogP contribution in [0.2, 0.25) is 0 Å². The maximum absolute atomic E-state index is 11.9. The van der Waals surface area contributed by atoms with Crippen LogP contribution in [-0.2, 0) is 0 Å². The van der Waals surface area contributed by atoms with Gasteiger partial charge in [-0.25, -0.2) is 0 Å². The molecule has 0 bridgehead atoms. The van der Waals surface area contributed by atoms with Crippen molar-refractivity contribution >= 4 is 27.7 Å². The summed E-state index contributed by atoms with van der Waals surface area (Å²) in [5, 5.41) is 14.0. The van der Waals surface area contributed by atoms with Gasteiger partial charge in [-0.05, 0) is 41.4 Å². The second-order valence-electron chi connectivity index (χ2n) is 3.66. The summed E-state index contributed by atoms with van der Waals surface area (Å²) in [7, 11) is 0. The molecule has 0 aliphatic heterocycles. The second kappa shape index (κ2) is 5.67. The van der Waals surface area contributed by atoms with Crippen molar-refractivity contribution in [3.63, 3.8) is 0 Å². The Balaban J connectivity index is 2.88. The van der Waals surface area contributed by atoms with Crippen LogP contribution in [0.5, 0.6) is 0 Å². The van der Waals surface area contributed by atoms with Gasteiger partial charge in [0.15, 0.2) is 5.84 Å². The molecule has 0 fully saturated rings. The maximum atomic E-state index is 11.9. The fraction of sp³-hybridized carbons (Fsp3) is 0.273. The molecule has 0 aliphatic carbocycles. The first kappa shape index (κ1) is 13.5. The Morgan fingerprint density at radius 3 is 2.82 bits per heavy atom. The number of halogens is 1. The zero-order valence-corrected chi connectivity index (χ0v) is 11.2. The van der Waals surface area contributed by atoms with Gasteiger partial charge >= 0.3 is 0 Å². The Bertz CT molecular complexity index is 460. The molecule has 1 aromatic carbocycles. The van der Waals surface area contributed by atoms with Gasteiger partial charge in [-0.2, -0.15) is 0 Å². The van der Waals surface area contributed by atoms with Crippen LogP contribution >= 0.6 is 15.9 Å². The van der Waals surface area contributed by atoms with E-state index in [1.54, 1.807) is 19.1 Å². The number of amidine groups is 1. The fourth-order valence-electron chi connectivity index (χ4n) is 1.26. The lowest BCUT2D eigenvalue weighted by atomic mass is 10.1. The van der Waals surface area contributed by atoms with E-state index in [9.17, 15) is 4.79 Å². The van der Waals surface area contributed by atoms with Gasteiger partial charge in [0, 0.05) is 4.47 Å². The van der Waals surface area contributed by atoms with Crippen molar-refractivity contribution < 1.29 is 10.0 Å². The normalized spacial score (nSPS) is 13.2. The average molecular weight is 300 g/mol. The largest absolute Gasteiger partial charge is 0.409 e. The maximum Gasteiger partial charge on any atom is 0.253 e. The number of amides is 1. The van der Waals surface area contributed by atoms with Gasteiger partial charge in [0.1, 0.15) is 0 Å². The quantitative estimate of drug-likeness (QED) is 0.343. The highest BCUT2D eigenvalue weighted by Gasteiger charge is 2.15. The molecule has 6 heteroatoms. The number of oxime groups is 1. The van der Waals surface area contributed by atoms with Gasteiger partial charge < -0.3 is 16.3 Å². The molecule has 17 heavy (non-hydrogen) atoms. The monoisotopic (exact) mass is 299 g/mol. The summed E-state index contributed by atoms with van der Waals surface area (Å²) in [4.78, 5) is 11.9. The molecular formula is C11H14BrN3O2. The highest BCUT2D eigenvalue weighted by Crippen LogP contribution is 2.20. The van der Waals surface area contributed by atoms with Crippen molar-refractivity contribution in [1.29, 1.82) is 0 Å². The Labute approximate surface area is 108 Å². The number of benzene rings is 1. The first-order valence-electron chi connectivity index (χ1n) is 5.00. The lowest BCUT2D eigenvalue weighted by Gasteiger charge is -2.13. The van der Waals surface area contributed by atoms with E-state index in [1.807, 2.05) is 13.0 Å². The molecule has 4 N–H and O–H groups in total. The zero-order valence-electron chi connectivity index (χ0n) is 9.57. The number of rotatable bonds is 3. The van der Waals surface area contributed by atoms with Crippen molar-refractivity contribution in [3.05, 3.63) is 33.8 Å². The topological polar surface area (TPSA) is 87.7 Å². The van der Waals surface area contributed by atoms with Crippen molar-refractivity contribution in [2.24, 2.45) is 10.9 Å². The zero-order chi connectivity index (χ0) is 13.0. The van der Waals surface area contributed by atoms with Crippen LogP contribution in [0.4, 0.5) is 0 Å². The molecule has 92 valence electrons. The smallest absolute Gasteiger partial charge is 0.253 e. The highest BCUT2D eigenvalue weighted by molar-refractivity contribution is 9.10. The Morgan fingerprint density at radius 1 is 1.59 bits per heavy atom. The van der Waals surface area contributed by atoms with Gasteiger partial charge in [0.25, 0.3) is 5.91 Å². The van der Waals surface area contributed by atoms with E-state index in [4.69, 9.17) is 10.9 Å². The van der Waals surface area contributed by atoms with Gasteiger partial charge in [0.05, 0.1) is 11.6 Å². The summed E-state index contributed by atoms with van der Waals surface area (Å²) in [6, 6.07) is 4.86.